The number of halogens is 4. The first-order valence-corrected chi connectivity index (χ1v) is 7.94. The molecule has 7 heteroatoms. The Morgan fingerprint density at radius 3 is 2.83 bits per heavy atom. The Morgan fingerprint density at radius 1 is 1.56 bits per heavy atom. The fraction of sp³-hybridized carbons (Fsp3) is 0.364. The number of thiazole rings is 1. The SMILES string of the molecule is O=c1sc2c(Br)c(I)ccc2n1CC1CC1(F)F. The van der Waals surface area contributed by atoms with Crippen molar-refractivity contribution >= 4 is 60.1 Å². The molecule has 0 radical (unpaired) electrons. The standard InChI is InChI=1S/C11H7BrF2INOS/c12-8-6(15)1-2-7-9(8)18-10(17)16(7)4-5-3-11(5,13)14/h1-2,5H,3-4H2. The molecule has 2 aromatic rings. The highest BCUT2D eigenvalue weighted by atomic mass is 127. The summed E-state index contributed by atoms with van der Waals surface area (Å²) in [4.78, 5) is 11.7. The zero-order valence-corrected chi connectivity index (χ0v) is 13.5. The van der Waals surface area contributed by atoms with E-state index in [1.165, 1.54) is 4.57 Å². The minimum absolute atomic E-state index is 0.109. The van der Waals surface area contributed by atoms with Crippen LogP contribution in [-0.4, -0.2) is 10.5 Å². The molecule has 1 atom stereocenters. The summed E-state index contributed by atoms with van der Waals surface area (Å²) in [6.07, 6.45) is -0.109. The number of aromatic nitrogens is 1. The van der Waals surface area contributed by atoms with Crippen LogP contribution in [0.25, 0.3) is 10.2 Å². The molecule has 1 aromatic carbocycles. The summed E-state index contributed by atoms with van der Waals surface area (Å²) in [5, 5.41) is 0. The number of hydrogen-bond acceptors (Lipinski definition) is 2. The normalized spacial score (nSPS) is 21.4. The smallest absolute Gasteiger partial charge is 0.298 e. The van der Waals surface area contributed by atoms with Crippen molar-refractivity contribution in [1.29, 1.82) is 0 Å². The third kappa shape index (κ3) is 2.03. The Morgan fingerprint density at radius 2 is 2.22 bits per heavy atom. The Kier molecular flexibility index (Phi) is 3.06. The maximum atomic E-state index is 12.9. The third-order valence-electron chi connectivity index (χ3n) is 3.09. The van der Waals surface area contributed by atoms with Gasteiger partial charge in [0.15, 0.2) is 0 Å². The van der Waals surface area contributed by atoms with Crippen LogP contribution in [0, 0.1) is 9.49 Å². The van der Waals surface area contributed by atoms with Crippen molar-refractivity contribution in [3.05, 3.63) is 29.8 Å². The average molecular weight is 446 g/mol. The van der Waals surface area contributed by atoms with Crippen molar-refractivity contribution < 1.29 is 8.78 Å². The van der Waals surface area contributed by atoms with E-state index in [0.29, 0.717) is 0 Å². The van der Waals surface area contributed by atoms with E-state index < -0.39 is 11.8 Å². The third-order valence-corrected chi connectivity index (χ3v) is 6.83. The summed E-state index contributed by atoms with van der Waals surface area (Å²) in [6, 6.07) is 3.70. The predicted octanol–water partition coefficient (Wildman–Crippen LogP) is 4.09. The highest BCUT2D eigenvalue weighted by Crippen LogP contribution is 2.49. The minimum atomic E-state index is -2.59. The van der Waals surface area contributed by atoms with Gasteiger partial charge in [-0.3, -0.25) is 9.36 Å². The van der Waals surface area contributed by atoms with Gasteiger partial charge in [-0.1, -0.05) is 11.3 Å². The first kappa shape index (κ1) is 13.0. The van der Waals surface area contributed by atoms with Gasteiger partial charge < -0.3 is 0 Å². The van der Waals surface area contributed by atoms with E-state index >= 15 is 0 Å². The van der Waals surface area contributed by atoms with Gasteiger partial charge in [-0.25, -0.2) is 8.78 Å². The van der Waals surface area contributed by atoms with Gasteiger partial charge >= 0.3 is 4.87 Å². The van der Waals surface area contributed by atoms with Crippen molar-refractivity contribution in [3.8, 4) is 0 Å². The predicted molar refractivity (Wildman–Crippen MR) is 79.6 cm³/mol. The number of benzene rings is 1. The summed E-state index contributed by atoms with van der Waals surface area (Å²) in [7, 11) is 0. The highest BCUT2D eigenvalue weighted by Gasteiger charge is 2.56. The molecule has 0 bridgehead atoms. The van der Waals surface area contributed by atoms with Gasteiger partial charge in [0.25, 0.3) is 5.92 Å². The first-order chi connectivity index (χ1) is 8.40. The fourth-order valence-electron chi connectivity index (χ4n) is 1.93. The van der Waals surface area contributed by atoms with Crippen LogP contribution in [0.3, 0.4) is 0 Å². The molecule has 0 aliphatic heterocycles. The minimum Gasteiger partial charge on any atom is -0.298 e. The van der Waals surface area contributed by atoms with Crippen molar-refractivity contribution in [2.75, 3.05) is 0 Å². The van der Waals surface area contributed by atoms with Crippen LogP contribution in [0.2, 0.25) is 0 Å². The van der Waals surface area contributed by atoms with Crippen LogP contribution in [0.4, 0.5) is 8.78 Å². The Balaban J connectivity index is 2.10. The van der Waals surface area contributed by atoms with Gasteiger partial charge in [-0.15, -0.1) is 0 Å². The molecule has 2 nitrogen and oxygen atoms in total. The summed E-state index contributed by atoms with van der Waals surface area (Å²) >= 11 is 6.70. The highest BCUT2D eigenvalue weighted by molar-refractivity contribution is 14.1. The molecule has 1 saturated carbocycles. The van der Waals surface area contributed by atoms with Crippen molar-refractivity contribution in [3.63, 3.8) is 0 Å². The summed E-state index contributed by atoms with van der Waals surface area (Å²) in [5.41, 5.74) is 0.736. The van der Waals surface area contributed by atoms with E-state index in [4.69, 9.17) is 0 Å². The topological polar surface area (TPSA) is 22.0 Å². The van der Waals surface area contributed by atoms with Crippen LogP contribution in [-0.2, 0) is 6.54 Å². The zero-order valence-electron chi connectivity index (χ0n) is 8.92. The average Bonchev–Trinajstić information content (AvgIpc) is 2.76. The maximum Gasteiger partial charge on any atom is 0.308 e. The number of nitrogens with zero attached hydrogens (tertiary/aromatic N) is 1. The molecule has 0 amide bonds. The van der Waals surface area contributed by atoms with E-state index in [-0.39, 0.29) is 17.8 Å². The molecule has 1 fully saturated rings. The van der Waals surface area contributed by atoms with E-state index in [9.17, 15) is 13.6 Å². The molecule has 1 heterocycles. The lowest BCUT2D eigenvalue weighted by atomic mass is 10.3. The lowest BCUT2D eigenvalue weighted by Gasteiger charge is -2.03. The molecule has 0 saturated heterocycles. The van der Waals surface area contributed by atoms with Gasteiger partial charge in [0.1, 0.15) is 0 Å². The van der Waals surface area contributed by atoms with Crippen molar-refractivity contribution in [2.45, 2.75) is 18.9 Å². The Labute approximate surface area is 127 Å². The lowest BCUT2D eigenvalue weighted by molar-refractivity contribution is 0.0953. The molecule has 18 heavy (non-hydrogen) atoms. The van der Waals surface area contributed by atoms with Crippen LogP contribution in [0.5, 0.6) is 0 Å². The Hall–Kier alpha value is -0.0200. The van der Waals surface area contributed by atoms with E-state index in [0.717, 1.165) is 29.6 Å². The van der Waals surface area contributed by atoms with E-state index in [1.807, 2.05) is 12.1 Å². The van der Waals surface area contributed by atoms with E-state index in [1.54, 1.807) is 0 Å². The molecular weight excluding hydrogens is 439 g/mol. The summed E-state index contributed by atoms with van der Waals surface area (Å²) in [6.45, 7) is 0.110. The van der Waals surface area contributed by atoms with Gasteiger partial charge in [-0.2, -0.15) is 0 Å². The van der Waals surface area contributed by atoms with Crippen LogP contribution < -0.4 is 4.87 Å². The largest absolute Gasteiger partial charge is 0.308 e. The first-order valence-electron chi connectivity index (χ1n) is 5.25. The van der Waals surface area contributed by atoms with Gasteiger partial charge in [0, 0.05) is 22.5 Å². The molecule has 1 unspecified atom stereocenters. The summed E-state index contributed by atoms with van der Waals surface area (Å²) < 4.78 is 30.0. The quantitative estimate of drug-likeness (QED) is 0.638. The molecule has 1 aliphatic rings. The number of alkyl halides is 2. The monoisotopic (exact) mass is 445 g/mol. The molecule has 3 rings (SSSR count). The van der Waals surface area contributed by atoms with Crippen LogP contribution >= 0.6 is 49.9 Å². The molecule has 1 aliphatic carbocycles. The van der Waals surface area contributed by atoms with Gasteiger partial charge in [-0.05, 0) is 50.7 Å². The second kappa shape index (κ2) is 4.24. The van der Waals surface area contributed by atoms with Gasteiger partial charge in [0.2, 0.25) is 0 Å². The second-order valence-electron chi connectivity index (χ2n) is 4.35. The maximum absolute atomic E-state index is 12.9. The lowest BCUT2D eigenvalue weighted by Crippen LogP contribution is -2.15. The van der Waals surface area contributed by atoms with E-state index in [2.05, 4.69) is 38.5 Å². The van der Waals surface area contributed by atoms with Crippen molar-refractivity contribution in [2.24, 2.45) is 5.92 Å². The molecule has 0 spiro atoms. The summed E-state index contributed by atoms with van der Waals surface area (Å²) in [5.74, 6) is -3.28. The van der Waals surface area contributed by atoms with Gasteiger partial charge in [0.05, 0.1) is 14.7 Å². The number of rotatable bonds is 2. The Bertz CT molecular complexity index is 696. The molecular formula is C11H7BrF2INOS. The number of fused-ring (bicyclic) bond motifs is 1. The zero-order chi connectivity index (χ0) is 13.1. The second-order valence-corrected chi connectivity index (χ2v) is 7.27. The molecule has 0 N–H and O–H groups in total. The number of hydrogen-bond donors (Lipinski definition) is 0. The van der Waals surface area contributed by atoms with Crippen LogP contribution in [0.1, 0.15) is 6.42 Å². The van der Waals surface area contributed by atoms with Crippen molar-refractivity contribution in [1.82, 2.24) is 4.57 Å². The molecule has 1 aromatic heterocycles. The molecule has 96 valence electrons. The van der Waals surface area contributed by atoms with Crippen LogP contribution in [0.15, 0.2) is 21.4 Å². The fourth-order valence-corrected chi connectivity index (χ4v) is 4.08.